The highest BCUT2D eigenvalue weighted by molar-refractivity contribution is 6.14. The van der Waals surface area contributed by atoms with Gasteiger partial charge in [0.15, 0.2) is 17.2 Å². The van der Waals surface area contributed by atoms with Crippen molar-refractivity contribution >= 4 is 65.7 Å². The first-order chi connectivity index (χ1) is 28.2. The predicted octanol–water partition coefficient (Wildman–Crippen LogP) is 12.8. The van der Waals surface area contributed by atoms with E-state index in [0.29, 0.717) is 23.2 Å². The molecule has 0 radical (unpaired) electrons. The molecule has 5 aromatic heterocycles. The van der Waals surface area contributed by atoms with Gasteiger partial charge in [-0.2, -0.15) is 9.97 Å². The molecule has 0 N–H and O–H groups in total. The smallest absolute Gasteiger partial charge is 0.238 e. The summed E-state index contributed by atoms with van der Waals surface area (Å²) in [5.74, 6) is 1.59. The summed E-state index contributed by atoms with van der Waals surface area (Å²) in [5.41, 5.74) is 11.4. The Bertz CT molecular complexity index is 3390. The van der Waals surface area contributed by atoms with Crippen LogP contribution in [0.25, 0.3) is 117 Å². The van der Waals surface area contributed by atoms with Crippen molar-refractivity contribution in [3.8, 4) is 51.0 Å². The molecular formula is C50H29N5O2. The van der Waals surface area contributed by atoms with Crippen LogP contribution < -0.4 is 0 Å². The number of benzene rings is 7. The molecule has 0 atom stereocenters. The zero-order valence-electron chi connectivity index (χ0n) is 30.3. The van der Waals surface area contributed by atoms with Crippen LogP contribution in [0.3, 0.4) is 0 Å². The van der Waals surface area contributed by atoms with Gasteiger partial charge in [-0.3, -0.25) is 9.55 Å². The molecule has 0 aliphatic heterocycles. The van der Waals surface area contributed by atoms with E-state index in [1.165, 1.54) is 11.1 Å². The molecule has 7 aromatic carbocycles. The van der Waals surface area contributed by atoms with Crippen molar-refractivity contribution in [3.05, 3.63) is 176 Å². The molecule has 0 fully saturated rings. The second kappa shape index (κ2) is 12.3. The number of pyridine rings is 1. The van der Waals surface area contributed by atoms with Crippen LogP contribution >= 0.6 is 0 Å². The second-order valence-corrected chi connectivity index (χ2v) is 14.2. The lowest BCUT2D eigenvalue weighted by atomic mass is 9.99. The Morgan fingerprint density at radius 1 is 0.386 bits per heavy atom. The van der Waals surface area contributed by atoms with Gasteiger partial charge in [-0.05, 0) is 64.7 Å². The molecule has 266 valence electrons. The molecule has 0 amide bonds. The van der Waals surface area contributed by atoms with E-state index < -0.39 is 0 Å². The van der Waals surface area contributed by atoms with E-state index in [9.17, 15) is 0 Å². The lowest BCUT2D eigenvalue weighted by Crippen LogP contribution is -2.06. The minimum absolute atomic E-state index is 0.512. The Labute approximate surface area is 325 Å². The third kappa shape index (κ3) is 4.92. The minimum atomic E-state index is 0.512. The standard InChI is InChI=1S/C50H29N5O2/c1-2-10-30(11-3-1)31-20-22-32(23-21-31)33-24-25-41-39(28-33)34-12-4-6-16-40(34)55(41)50-53-48(37-14-8-18-43-46(37)35-13-5-7-17-42(35)56-43)52-49(54-50)38-15-9-19-44-47(38)36-26-27-51-29-45(36)57-44/h1-29H. The van der Waals surface area contributed by atoms with Gasteiger partial charge in [-0.1, -0.05) is 121 Å². The third-order valence-corrected chi connectivity index (χ3v) is 11.0. The average Bonchev–Trinajstić information content (AvgIpc) is 3.96. The Balaban J connectivity index is 1.11. The summed E-state index contributed by atoms with van der Waals surface area (Å²) in [6, 6.07) is 56.5. The van der Waals surface area contributed by atoms with Gasteiger partial charge in [0.2, 0.25) is 5.95 Å². The van der Waals surface area contributed by atoms with Crippen molar-refractivity contribution < 1.29 is 8.83 Å². The summed E-state index contributed by atoms with van der Waals surface area (Å²) in [6.07, 6.45) is 3.53. The van der Waals surface area contributed by atoms with E-state index in [1.54, 1.807) is 12.4 Å². The van der Waals surface area contributed by atoms with Gasteiger partial charge in [0.25, 0.3) is 0 Å². The molecule has 7 heteroatoms. The molecule has 57 heavy (non-hydrogen) atoms. The van der Waals surface area contributed by atoms with Crippen molar-refractivity contribution in [1.29, 1.82) is 0 Å². The van der Waals surface area contributed by atoms with Gasteiger partial charge in [0.05, 0.1) is 17.2 Å². The normalized spacial score (nSPS) is 11.9. The van der Waals surface area contributed by atoms with Crippen LogP contribution in [0.4, 0.5) is 0 Å². The number of furan rings is 2. The molecule has 0 aliphatic carbocycles. The minimum Gasteiger partial charge on any atom is -0.456 e. The Kier molecular flexibility index (Phi) is 6.79. The van der Waals surface area contributed by atoms with E-state index in [1.807, 2.05) is 54.6 Å². The lowest BCUT2D eigenvalue weighted by Gasteiger charge is -2.12. The highest BCUT2D eigenvalue weighted by atomic mass is 16.3. The van der Waals surface area contributed by atoms with Crippen LogP contribution in [0.1, 0.15) is 0 Å². The SMILES string of the molecule is c1ccc(-c2ccc(-c3ccc4c(c3)c3ccccc3n4-c3nc(-c4cccc5oc6ccccc6c45)nc(-c4cccc5oc6cnccc6c45)n3)cc2)cc1. The number of nitrogens with zero attached hydrogens (tertiary/aromatic N) is 5. The summed E-state index contributed by atoms with van der Waals surface area (Å²) in [4.78, 5) is 20.2. The molecule has 0 spiro atoms. The van der Waals surface area contributed by atoms with Crippen LogP contribution in [-0.2, 0) is 0 Å². The van der Waals surface area contributed by atoms with Crippen molar-refractivity contribution in [2.24, 2.45) is 0 Å². The maximum Gasteiger partial charge on any atom is 0.238 e. The molecule has 0 saturated carbocycles. The molecule has 12 aromatic rings. The van der Waals surface area contributed by atoms with Gasteiger partial charge in [-0.25, -0.2) is 4.98 Å². The molecule has 0 unspecified atom stereocenters. The van der Waals surface area contributed by atoms with E-state index in [2.05, 4.69) is 119 Å². The first-order valence-corrected chi connectivity index (χ1v) is 18.9. The van der Waals surface area contributed by atoms with Gasteiger partial charge in [-0.15, -0.1) is 0 Å². The van der Waals surface area contributed by atoms with Crippen LogP contribution in [-0.4, -0.2) is 24.5 Å². The number of para-hydroxylation sites is 2. The summed E-state index contributed by atoms with van der Waals surface area (Å²) in [6.45, 7) is 0. The number of hydrogen-bond acceptors (Lipinski definition) is 6. The van der Waals surface area contributed by atoms with E-state index in [0.717, 1.165) is 82.4 Å². The van der Waals surface area contributed by atoms with Crippen molar-refractivity contribution in [1.82, 2.24) is 24.5 Å². The zero-order valence-corrected chi connectivity index (χ0v) is 30.3. The fourth-order valence-corrected chi connectivity index (χ4v) is 8.39. The van der Waals surface area contributed by atoms with E-state index in [-0.39, 0.29) is 0 Å². The monoisotopic (exact) mass is 731 g/mol. The predicted molar refractivity (Wildman–Crippen MR) is 228 cm³/mol. The lowest BCUT2D eigenvalue weighted by molar-refractivity contribution is 0.667. The summed E-state index contributed by atoms with van der Waals surface area (Å²) >= 11 is 0. The molecule has 5 heterocycles. The largest absolute Gasteiger partial charge is 0.456 e. The number of rotatable bonds is 5. The summed E-state index contributed by atoms with van der Waals surface area (Å²) in [5, 5.41) is 6.05. The van der Waals surface area contributed by atoms with Gasteiger partial charge >= 0.3 is 0 Å². The summed E-state index contributed by atoms with van der Waals surface area (Å²) < 4.78 is 14.8. The van der Waals surface area contributed by atoms with E-state index in [4.69, 9.17) is 23.8 Å². The second-order valence-electron chi connectivity index (χ2n) is 14.2. The molecule has 12 rings (SSSR count). The van der Waals surface area contributed by atoms with Crippen molar-refractivity contribution in [2.45, 2.75) is 0 Å². The molecule has 0 saturated heterocycles. The molecular weight excluding hydrogens is 703 g/mol. The fraction of sp³-hybridized carbons (Fsp3) is 0. The van der Waals surface area contributed by atoms with Crippen LogP contribution in [0.2, 0.25) is 0 Å². The number of fused-ring (bicyclic) bond motifs is 9. The Morgan fingerprint density at radius 2 is 0.947 bits per heavy atom. The Hall–Kier alpha value is -7.90. The van der Waals surface area contributed by atoms with Crippen molar-refractivity contribution in [3.63, 3.8) is 0 Å². The maximum atomic E-state index is 6.32. The van der Waals surface area contributed by atoms with E-state index >= 15 is 0 Å². The highest BCUT2D eigenvalue weighted by Crippen LogP contribution is 2.40. The Morgan fingerprint density at radius 3 is 1.70 bits per heavy atom. The van der Waals surface area contributed by atoms with Crippen LogP contribution in [0.15, 0.2) is 185 Å². The topological polar surface area (TPSA) is 82.8 Å². The van der Waals surface area contributed by atoms with Crippen LogP contribution in [0, 0.1) is 0 Å². The number of hydrogen-bond donors (Lipinski definition) is 0. The van der Waals surface area contributed by atoms with Gasteiger partial charge in [0, 0.05) is 49.6 Å². The third-order valence-electron chi connectivity index (χ3n) is 11.0. The molecule has 7 nitrogen and oxygen atoms in total. The maximum absolute atomic E-state index is 6.32. The average molecular weight is 732 g/mol. The summed E-state index contributed by atoms with van der Waals surface area (Å²) in [7, 11) is 0. The van der Waals surface area contributed by atoms with Crippen LogP contribution in [0.5, 0.6) is 0 Å². The highest BCUT2D eigenvalue weighted by Gasteiger charge is 2.22. The number of aromatic nitrogens is 5. The first-order valence-electron chi connectivity index (χ1n) is 18.9. The quantitative estimate of drug-likeness (QED) is 0.175. The van der Waals surface area contributed by atoms with Gasteiger partial charge < -0.3 is 8.83 Å². The van der Waals surface area contributed by atoms with Gasteiger partial charge in [0.1, 0.15) is 16.7 Å². The molecule has 0 bridgehead atoms. The first kappa shape index (κ1) is 31.5. The zero-order chi connectivity index (χ0) is 37.5. The molecule has 0 aliphatic rings. The fourth-order valence-electron chi connectivity index (χ4n) is 8.39. The van der Waals surface area contributed by atoms with Crippen molar-refractivity contribution in [2.75, 3.05) is 0 Å².